The number of halogens is 1. The number of nitrogens with zero attached hydrogens (tertiary/aromatic N) is 5. The minimum absolute atomic E-state index is 0.00877. The van der Waals surface area contributed by atoms with Crippen molar-refractivity contribution in [1.29, 1.82) is 0 Å². The third kappa shape index (κ3) is 3.59. The molecule has 4 aliphatic rings. The summed E-state index contributed by atoms with van der Waals surface area (Å²) in [6.45, 7) is 3.30. The van der Waals surface area contributed by atoms with Gasteiger partial charge in [0.1, 0.15) is 22.6 Å². The van der Waals surface area contributed by atoms with Gasteiger partial charge in [-0.15, -0.1) is 0 Å². The number of fused-ring (bicyclic) bond motifs is 4. The molecular weight excluding hydrogens is 507 g/mol. The topological polar surface area (TPSA) is 102 Å². The number of aromatic nitrogens is 4. The maximum atomic E-state index is 15.6. The van der Waals surface area contributed by atoms with Crippen LogP contribution in [0.15, 0.2) is 30.3 Å². The maximum absolute atomic E-state index is 15.6. The number of hydrogen-bond acceptors (Lipinski definition) is 5. The number of amides is 1. The van der Waals surface area contributed by atoms with E-state index < -0.39 is 11.4 Å². The number of aryl methyl sites for hydroxylation is 1. The van der Waals surface area contributed by atoms with E-state index in [1.165, 1.54) is 18.9 Å². The van der Waals surface area contributed by atoms with Gasteiger partial charge in [-0.1, -0.05) is 0 Å². The summed E-state index contributed by atoms with van der Waals surface area (Å²) in [4.78, 5) is 25.2. The van der Waals surface area contributed by atoms with Crippen LogP contribution in [0.5, 0.6) is 0 Å². The van der Waals surface area contributed by atoms with Crippen molar-refractivity contribution in [3.63, 3.8) is 0 Å². The minimum atomic E-state index is -0.953. The van der Waals surface area contributed by atoms with Gasteiger partial charge < -0.3 is 24.9 Å². The van der Waals surface area contributed by atoms with E-state index in [9.17, 15) is 9.90 Å². The zero-order valence-corrected chi connectivity index (χ0v) is 23.0. The van der Waals surface area contributed by atoms with E-state index in [4.69, 9.17) is 15.7 Å². The van der Waals surface area contributed by atoms with Crippen LogP contribution in [0.1, 0.15) is 61.5 Å². The van der Waals surface area contributed by atoms with E-state index in [2.05, 4.69) is 10.6 Å². The smallest absolute Gasteiger partial charge is 0.254 e. The van der Waals surface area contributed by atoms with Crippen LogP contribution < -0.4 is 5.73 Å². The molecule has 9 heteroatoms. The van der Waals surface area contributed by atoms with Gasteiger partial charge in [0.25, 0.3) is 5.91 Å². The second kappa shape index (κ2) is 8.36. The standard InChI is InChI=1S/C31H35FN6O2/c1-31(40,20-7-8-20)25-10-6-17-13-24(37(28(17)35-25)14-16-3-4-16)29-34-22-12-19(11-21(32)27(22)36(29)2)30(39)38-15-18-5-9-23(38)26(18)33/h6,10-13,16,18,20,23,26,40H,3-5,7-9,14-15,33H2,1-2H3/t18?,23?,26-,31?/m1/s1. The molecule has 1 amide bonds. The molecule has 1 aromatic carbocycles. The molecule has 3 aromatic heterocycles. The van der Waals surface area contributed by atoms with Gasteiger partial charge in [-0.2, -0.15) is 0 Å². The minimum Gasteiger partial charge on any atom is -0.384 e. The van der Waals surface area contributed by atoms with Gasteiger partial charge >= 0.3 is 0 Å². The summed E-state index contributed by atoms with van der Waals surface area (Å²) >= 11 is 0. The average Bonchev–Trinajstić information content (AvgIpc) is 3.85. The lowest BCUT2D eigenvalue weighted by atomic mass is 9.95. The van der Waals surface area contributed by atoms with E-state index in [0.717, 1.165) is 49.0 Å². The summed E-state index contributed by atoms with van der Waals surface area (Å²) in [7, 11) is 1.82. The van der Waals surface area contributed by atoms with E-state index in [1.807, 2.05) is 31.0 Å². The fourth-order valence-electron chi connectivity index (χ4n) is 7.29. The highest BCUT2D eigenvalue weighted by molar-refractivity contribution is 5.98. The van der Waals surface area contributed by atoms with Crippen molar-refractivity contribution >= 4 is 28.0 Å². The van der Waals surface area contributed by atoms with E-state index in [1.54, 1.807) is 10.6 Å². The largest absolute Gasteiger partial charge is 0.384 e. The van der Waals surface area contributed by atoms with E-state index in [-0.39, 0.29) is 23.9 Å². The molecule has 40 heavy (non-hydrogen) atoms. The predicted molar refractivity (Wildman–Crippen MR) is 150 cm³/mol. The number of benzene rings is 1. The SMILES string of the molecule is Cn1c(-c2cc3ccc(C(C)(O)C4CC4)nc3n2CC2CC2)nc2cc(C(=O)N3CC4CCC3[C@@H]4N)cc(F)c21. The lowest BCUT2D eigenvalue weighted by Crippen LogP contribution is -2.41. The molecule has 3 unspecified atom stereocenters. The van der Waals surface area contributed by atoms with Gasteiger partial charge in [0, 0.05) is 43.2 Å². The summed E-state index contributed by atoms with van der Waals surface area (Å²) in [5.41, 5.74) is 8.92. The van der Waals surface area contributed by atoms with Gasteiger partial charge in [0.15, 0.2) is 5.82 Å². The van der Waals surface area contributed by atoms with Crippen LogP contribution >= 0.6 is 0 Å². The van der Waals surface area contributed by atoms with Gasteiger partial charge in [-0.3, -0.25) is 4.79 Å². The summed E-state index contributed by atoms with van der Waals surface area (Å²) < 4.78 is 19.6. The fourth-order valence-corrected chi connectivity index (χ4v) is 7.29. The zero-order chi connectivity index (χ0) is 27.5. The van der Waals surface area contributed by atoms with Crippen LogP contribution in [0.3, 0.4) is 0 Å². The molecule has 208 valence electrons. The molecular formula is C31H35FN6O2. The van der Waals surface area contributed by atoms with Crippen molar-refractivity contribution in [3.05, 3.63) is 47.4 Å². The maximum Gasteiger partial charge on any atom is 0.254 e. The first-order chi connectivity index (χ1) is 19.2. The van der Waals surface area contributed by atoms with Crippen molar-refractivity contribution in [3.8, 4) is 11.5 Å². The Bertz CT molecular complexity index is 1700. The fraction of sp³-hybridized carbons (Fsp3) is 0.516. The highest BCUT2D eigenvalue weighted by Crippen LogP contribution is 2.45. The Morgan fingerprint density at radius 1 is 1.12 bits per heavy atom. The number of imidazole rings is 1. The molecule has 0 radical (unpaired) electrons. The molecule has 4 atom stereocenters. The zero-order valence-electron chi connectivity index (χ0n) is 23.0. The van der Waals surface area contributed by atoms with Crippen LogP contribution in [0.2, 0.25) is 0 Å². The molecule has 4 fully saturated rings. The van der Waals surface area contributed by atoms with Crippen molar-refractivity contribution < 1.29 is 14.3 Å². The number of nitrogens with two attached hydrogens (primary N) is 1. The molecule has 3 aliphatic carbocycles. The van der Waals surface area contributed by atoms with Crippen LogP contribution in [0.4, 0.5) is 4.39 Å². The first kappa shape index (κ1) is 24.5. The Morgan fingerprint density at radius 2 is 1.93 bits per heavy atom. The third-order valence-electron chi connectivity index (χ3n) is 10.1. The molecule has 4 aromatic rings. The third-order valence-corrected chi connectivity index (χ3v) is 10.1. The van der Waals surface area contributed by atoms with Gasteiger partial charge in [0.05, 0.1) is 16.9 Å². The van der Waals surface area contributed by atoms with Crippen molar-refractivity contribution in [1.82, 2.24) is 24.0 Å². The van der Waals surface area contributed by atoms with Gasteiger partial charge in [0.2, 0.25) is 0 Å². The summed E-state index contributed by atoms with van der Waals surface area (Å²) in [6.07, 6.45) is 6.33. The average molecular weight is 543 g/mol. The Kier molecular flexibility index (Phi) is 5.12. The number of hydrogen-bond donors (Lipinski definition) is 2. The molecule has 2 bridgehead atoms. The lowest BCUT2D eigenvalue weighted by molar-refractivity contribution is 0.0289. The Labute approximate surface area is 232 Å². The molecule has 3 saturated carbocycles. The highest BCUT2D eigenvalue weighted by atomic mass is 19.1. The van der Waals surface area contributed by atoms with Crippen LogP contribution in [-0.2, 0) is 19.2 Å². The van der Waals surface area contributed by atoms with Crippen molar-refractivity contribution in [2.24, 2.45) is 30.5 Å². The van der Waals surface area contributed by atoms with Crippen molar-refractivity contribution in [2.75, 3.05) is 6.54 Å². The van der Waals surface area contributed by atoms with Gasteiger partial charge in [-0.05, 0) is 93.5 Å². The number of aliphatic hydroxyl groups is 1. The number of carbonyl (C=O) groups excluding carboxylic acids is 1. The molecule has 1 aliphatic heterocycles. The number of rotatable bonds is 6. The molecule has 1 saturated heterocycles. The Morgan fingerprint density at radius 3 is 2.60 bits per heavy atom. The quantitative estimate of drug-likeness (QED) is 0.378. The van der Waals surface area contributed by atoms with E-state index >= 15 is 4.39 Å². The molecule has 0 spiro atoms. The number of likely N-dealkylation sites (tertiary alicyclic amines) is 1. The first-order valence-electron chi connectivity index (χ1n) is 14.7. The molecule has 8 rings (SSSR count). The molecule has 3 N–H and O–H groups in total. The highest BCUT2D eigenvalue weighted by Gasteiger charge is 2.47. The molecule has 8 nitrogen and oxygen atoms in total. The summed E-state index contributed by atoms with van der Waals surface area (Å²) in [5, 5.41) is 12.2. The number of pyridine rings is 1. The first-order valence-corrected chi connectivity index (χ1v) is 14.7. The van der Waals surface area contributed by atoms with Gasteiger partial charge in [-0.25, -0.2) is 14.4 Å². The van der Waals surface area contributed by atoms with Crippen LogP contribution in [0, 0.1) is 23.6 Å². The van der Waals surface area contributed by atoms with Crippen LogP contribution in [-0.4, -0.2) is 53.6 Å². The van der Waals surface area contributed by atoms with Crippen molar-refractivity contribution in [2.45, 2.75) is 69.7 Å². The van der Waals surface area contributed by atoms with E-state index in [0.29, 0.717) is 46.5 Å². The number of carbonyl (C=O) groups is 1. The normalized spacial score (nSPS) is 25.8. The second-order valence-electron chi connectivity index (χ2n) is 12.9. The lowest BCUT2D eigenvalue weighted by Gasteiger charge is -2.27. The summed E-state index contributed by atoms with van der Waals surface area (Å²) in [6, 6.07) is 9.13. The van der Waals surface area contributed by atoms with Crippen LogP contribution in [0.25, 0.3) is 33.6 Å². The monoisotopic (exact) mass is 542 g/mol. The number of piperidine rings is 1. The Hall–Kier alpha value is -3.30. The Balaban J connectivity index is 1.22. The predicted octanol–water partition coefficient (Wildman–Crippen LogP) is 4.32. The molecule has 4 heterocycles. The summed E-state index contributed by atoms with van der Waals surface area (Å²) in [5.74, 6) is 1.16. The second-order valence-corrected chi connectivity index (χ2v) is 12.9.